The van der Waals surface area contributed by atoms with Gasteiger partial charge in [0.15, 0.2) is 0 Å². The van der Waals surface area contributed by atoms with Gasteiger partial charge in [0.05, 0.1) is 5.41 Å². The van der Waals surface area contributed by atoms with Gasteiger partial charge in [-0.05, 0) is 36.2 Å². The molecule has 20 heavy (non-hydrogen) atoms. The Morgan fingerprint density at radius 1 is 1.15 bits per heavy atom. The van der Waals surface area contributed by atoms with Gasteiger partial charge >= 0.3 is 0 Å². The Morgan fingerprint density at radius 3 is 2.45 bits per heavy atom. The summed E-state index contributed by atoms with van der Waals surface area (Å²) in [6.07, 6.45) is 0. The number of fused-ring (bicyclic) bond motifs is 1. The molecule has 0 radical (unpaired) electrons. The topological polar surface area (TPSA) is 46.3 Å². The van der Waals surface area contributed by atoms with Crippen LogP contribution >= 0.6 is 0 Å². The van der Waals surface area contributed by atoms with Crippen LogP contribution in [-0.2, 0) is 11.3 Å². The maximum atomic E-state index is 12.3. The van der Waals surface area contributed by atoms with Gasteiger partial charge in [0.1, 0.15) is 0 Å². The highest BCUT2D eigenvalue weighted by Gasteiger charge is 2.28. The van der Waals surface area contributed by atoms with E-state index < -0.39 is 5.41 Å². The zero-order valence-corrected chi connectivity index (χ0v) is 12.4. The van der Waals surface area contributed by atoms with Crippen molar-refractivity contribution >= 4 is 16.7 Å². The number of hydrogen-bond acceptors (Lipinski definition) is 2. The monoisotopic (exact) mass is 270 g/mol. The van der Waals surface area contributed by atoms with Gasteiger partial charge < -0.3 is 10.6 Å². The number of carbonyl (C=O) groups excluding carboxylic acids is 1. The number of rotatable bonds is 4. The minimum atomic E-state index is -0.508. The summed E-state index contributed by atoms with van der Waals surface area (Å²) >= 11 is 0. The molecule has 0 atom stereocenters. The average molecular weight is 270 g/mol. The molecule has 0 bridgehead atoms. The lowest BCUT2D eigenvalue weighted by Gasteiger charge is -2.28. The van der Waals surface area contributed by atoms with Crippen LogP contribution in [0, 0.1) is 5.41 Å². The van der Waals surface area contributed by atoms with Crippen LogP contribution in [0.2, 0.25) is 0 Å². The van der Waals surface area contributed by atoms with Crippen LogP contribution < -0.4 is 5.73 Å². The summed E-state index contributed by atoms with van der Waals surface area (Å²) in [4.78, 5) is 14.1. The zero-order valence-electron chi connectivity index (χ0n) is 12.4. The van der Waals surface area contributed by atoms with E-state index in [1.165, 1.54) is 10.8 Å². The Balaban J connectivity index is 2.17. The van der Waals surface area contributed by atoms with Crippen molar-refractivity contribution in [2.75, 3.05) is 13.6 Å². The van der Waals surface area contributed by atoms with Crippen LogP contribution in [0.3, 0.4) is 0 Å². The molecule has 0 aliphatic carbocycles. The predicted molar refractivity (Wildman–Crippen MR) is 83.3 cm³/mol. The molecular weight excluding hydrogens is 248 g/mol. The summed E-state index contributed by atoms with van der Waals surface area (Å²) in [6, 6.07) is 14.5. The molecule has 0 aliphatic heterocycles. The first-order valence-electron chi connectivity index (χ1n) is 6.87. The number of hydrogen-bond donors (Lipinski definition) is 1. The van der Waals surface area contributed by atoms with Crippen molar-refractivity contribution in [3.63, 3.8) is 0 Å². The second-order valence-electron chi connectivity index (χ2n) is 5.93. The second-order valence-corrected chi connectivity index (χ2v) is 5.93. The Bertz CT molecular complexity index is 619. The first kappa shape index (κ1) is 14.5. The summed E-state index contributed by atoms with van der Waals surface area (Å²) in [5, 5.41) is 2.41. The first-order chi connectivity index (χ1) is 9.44. The summed E-state index contributed by atoms with van der Waals surface area (Å²) in [5.41, 5.74) is 6.29. The Hall–Kier alpha value is -1.87. The number of carbonyl (C=O) groups is 1. The van der Waals surface area contributed by atoms with E-state index in [0.717, 1.165) is 5.56 Å². The van der Waals surface area contributed by atoms with Crippen LogP contribution in [-0.4, -0.2) is 24.4 Å². The molecule has 0 saturated carbocycles. The third-order valence-corrected chi connectivity index (χ3v) is 3.67. The maximum absolute atomic E-state index is 12.3. The molecule has 0 heterocycles. The van der Waals surface area contributed by atoms with Crippen molar-refractivity contribution in [3.8, 4) is 0 Å². The van der Waals surface area contributed by atoms with Crippen molar-refractivity contribution in [2.45, 2.75) is 20.4 Å². The Kier molecular flexibility index (Phi) is 4.09. The standard InChI is InChI=1S/C17H22N2O/c1-17(2,12-18)16(20)19(3)11-13-8-9-14-6-4-5-7-15(14)10-13/h4-10H,11-12,18H2,1-3H3. The molecule has 2 aromatic carbocycles. The fraction of sp³-hybridized carbons (Fsp3) is 0.353. The van der Waals surface area contributed by atoms with E-state index in [4.69, 9.17) is 5.73 Å². The number of nitrogens with two attached hydrogens (primary N) is 1. The highest BCUT2D eigenvalue weighted by atomic mass is 16.2. The van der Waals surface area contributed by atoms with Crippen molar-refractivity contribution in [1.29, 1.82) is 0 Å². The van der Waals surface area contributed by atoms with Crippen molar-refractivity contribution < 1.29 is 4.79 Å². The summed E-state index contributed by atoms with van der Waals surface area (Å²) in [6.45, 7) is 4.72. The summed E-state index contributed by atoms with van der Waals surface area (Å²) < 4.78 is 0. The van der Waals surface area contributed by atoms with Gasteiger partial charge in [0.25, 0.3) is 0 Å². The molecule has 106 valence electrons. The molecule has 0 saturated heterocycles. The van der Waals surface area contributed by atoms with Crippen LogP contribution in [0.15, 0.2) is 42.5 Å². The molecule has 0 aliphatic rings. The SMILES string of the molecule is CN(Cc1ccc2ccccc2c1)C(=O)C(C)(C)CN. The lowest BCUT2D eigenvalue weighted by molar-refractivity contribution is -0.139. The molecule has 0 fully saturated rings. The van der Waals surface area contributed by atoms with E-state index in [2.05, 4.69) is 30.3 Å². The quantitative estimate of drug-likeness (QED) is 0.928. The van der Waals surface area contributed by atoms with Gasteiger partial charge in [-0.3, -0.25) is 4.79 Å². The predicted octanol–water partition coefficient (Wildman–Crippen LogP) is 2.78. The lowest BCUT2D eigenvalue weighted by Crippen LogP contribution is -2.42. The highest BCUT2D eigenvalue weighted by molar-refractivity contribution is 5.84. The van der Waals surface area contributed by atoms with E-state index in [1.54, 1.807) is 4.90 Å². The van der Waals surface area contributed by atoms with Gasteiger partial charge in [0, 0.05) is 20.1 Å². The third-order valence-electron chi connectivity index (χ3n) is 3.67. The van der Waals surface area contributed by atoms with Crippen molar-refractivity contribution in [1.82, 2.24) is 4.90 Å². The van der Waals surface area contributed by atoms with Gasteiger partial charge in [0.2, 0.25) is 5.91 Å². The minimum Gasteiger partial charge on any atom is -0.341 e. The van der Waals surface area contributed by atoms with Crippen LogP contribution in [0.5, 0.6) is 0 Å². The lowest BCUT2D eigenvalue weighted by atomic mass is 9.92. The molecule has 0 aromatic heterocycles. The van der Waals surface area contributed by atoms with Crippen LogP contribution in [0.4, 0.5) is 0 Å². The maximum Gasteiger partial charge on any atom is 0.229 e. The average Bonchev–Trinajstić information content (AvgIpc) is 2.46. The second kappa shape index (κ2) is 5.63. The summed E-state index contributed by atoms with van der Waals surface area (Å²) in [7, 11) is 1.83. The zero-order chi connectivity index (χ0) is 14.8. The minimum absolute atomic E-state index is 0.0770. The molecule has 2 aromatic rings. The highest BCUT2D eigenvalue weighted by Crippen LogP contribution is 2.20. The molecule has 3 heteroatoms. The molecule has 3 nitrogen and oxygen atoms in total. The molecule has 2 N–H and O–H groups in total. The van der Waals surface area contributed by atoms with E-state index in [1.807, 2.05) is 33.0 Å². The normalized spacial score (nSPS) is 11.6. The molecular formula is C17H22N2O. The Labute approximate surface area is 120 Å². The third kappa shape index (κ3) is 2.99. The van der Waals surface area contributed by atoms with Crippen molar-refractivity contribution in [2.24, 2.45) is 11.1 Å². The van der Waals surface area contributed by atoms with E-state index in [-0.39, 0.29) is 5.91 Å². The summed E-state index contributed by atoms with van der Waals surface area (Å²) in [5.74, 6) is 0.0770. The molecule has 0 unspecified atom stereocenters. The van der Waals surface area contributed by atoms with E-state index in [0.29, 0.717) is 13.1 Å². The fourth-order valence-electron chi connectivity index (χ4n) is 2.29. The van der Waals surface area contributed by atoms with Gasteiger partial charge in [-0.2, -0.15) is 0 Å². The molecule has 1 amide bonds. The van der Waals surface area contributed by atoms with Gasteiger partial charge in [-0.25, -0.2) is 0 Å². The fourth-order valence-corrected chi connectivity index (χ4v) is 2.29. The first-order valence-corrected chi connectivity index (χ1v) is 6.87. The molecule has 2 rings (SSSR count). The smallest absolute Gasteiger partial charge is 0.229 e. The largest absolute Gasteiger partial charge is 0.341 e. The number of benzene rings is 2. The van der Waals surface area contributed by atoms with Gasteiger partial charge in [-0.15, -0.1) is 0 Å². The Morgan fingerprint density at radius 2 is 1.80 bits per heavy atom. The van der Waals surface area contributed by atoms with Crippen LogP contribution in [0.25, 0.3) is 10.8 Å². The van der Waals surface area contributed by atoms with Crippen molar-refractivity contribution in [3.05, 3.63) is 48.0 Å². The number of nitrogens with zero attached hydrogens (tertiary/aromatic N) is 1. The van der Waals surface area contributed by atoms with Crippen LogP contribution in [0.1, 0.15) is 19.4 Å². The van der Waals surface area contributed by atoms with Gasteiger partial charge in [-0.1, -0.05) is 36.4 Å². The molecule has 0 spiro atoms. The van der Waals surface area contributed by atoms with E-state index in [9.17, 15) is 4.79 Å². The van der Waals surface area contributed by atoms with E-state index >= 15 is 0 Å². The number of amides is 1.